The molecule has 0 aliphatic carbocycles. The zero-order valence-electron chi connectivity index (χ0n) is 13.0. The Labute approximate surface area is 150 Å². The van der Waals surface area contributed by atoms with E-state index in [9.17, 15) is 18.0 Å². The summed E-state index contributed by atoms with van der Waals surface area (Å²) >= 11 is 0. The van der Waals surface area contributed by atoms with E-state index in [1.807, 2.05) is 0 Å². The third kappa shape index (κ3) is 5.20. The average Bonchev–Trinajstić information content (AvgIpc) is 2.52. The molecule has 10 heteroatoms. The summed E-state index contributed by atoms with van der Waals surface area (Å²) in [6.07, 6.45) is -2.22. The number of alkyl halides is 3. The Morgan fingerprint density at radius 3 is 2.54 bits per heavy atom. The number of nitrogens with two attached hydrogens (primary N) is 1. The van der Waals surface area contributed by atoms with Crippen LogP contribution in [-0.4, -0.2) is 48.1 Å². The van der Waals surface area contributed by atoms with E-state index in [0.29, 0.717) is 19.4 Å². The van der Waals surface area contributed by atoms with Gasteiger partial charge in [0.15, 0.2) is 0 Å². The van der Waals surface area contributed by atoms with Gasteiger partial charge >= 0.3 is 6.18 Å². The first kappa shape index (κ1) is 22.9. The molecule has 0 bridgehead atoms. The second-order valence-electron chi connectivity index (χ2n) is 5.20. The number of carbonyl (C=O) groups excluding carboxylic acids is 1. The first-order chi connectivity index (χ1) is 10.4. The molecular weight excluding hydrogens is 370 g/mol. The molecule has 24 heavy (non-hydrogen) atoms. The molecule has 0 saturated carbocycles. The van der Waals surface area contributed by atoms with E-state index < -0.39 is 11.9 Å². The van der Waals surface area contributed by atoms with Crippen molar-refractivity contribution in [3.8, 4) is 0 Å². The first-order valence-electron chi connectivity index (χ1n) is 6.94. The van der Waals surface area contributed by atoms with Crippen LogP contribution in [-0.2, 0) is 10.9 Å². The summed E-state index contributed by atoms with van der Waals surface area (Å²) in [5.74, 6) is -0.355. The highest BCUT2D eigenvalue weighted by Gasteiger charge is 2.34. The minimum Gasteiger partial charge on any atom is -0.381 e. The molecule has 5 nitrogen and oxygen atoms in total. The quantitative estimate of drug-likeness (QED) is 0.862. The molecule has 1 aromatic heterocycles. The molecule has 1 aliphatic rings. The second kappa shape index (κ2) is 9.41. The number of likely N-dealkylation sites (tertiary alicyclic amines) is 1. The predicted molar refractivity (Wildman–Crippen MR) is 87.6 cm³/mol. The van der Waals surface area contributed by atoms with Gasteiger partial charge in [-0.3, -0.25) is 9.78 Å². The van der Waals surface area contributed by atoms with Crippen LogP contribution in [0.4, 0.5) is 13.2 Å². The number of hydrogen-bond acceptors (Lipinski definition) is 4. The van der Waals surface area contributed by atoms with Crippen molar-refractivity contribution >= 4 is 30.7 Å². The Bertz CT molecular complexity index is 529. The van der Waals surface area contributed by atoms with E-state index in [1.165, 1.54) is 0 Å². The lowest BCUT2D eigenvalue weighted by atomic mass is 9.98. The number of aromatic nitrogens is 1. The van der Waals surface area contributed by atoms with Crippen molar-refractivity contribution in [2.45, 2.75) is 31.2 Å². The highest BCUT2D eigenvalue weighted by molar-refractivity contribution is 5.94. The summed E-state index contributed by atoms with van der Waals surface area (Å²) in [6, 6.07) is 1.77. The summed E-state index contributed by atoms with van der Waals surface area (Å²) in [5, 5.41) is 0. The lowest BCUT2D eigenvalue weighted by Crippen LogP contribution is -2.51. The summed E-state index contributed by atoms with van der Waals surface area (Å²) in [4.78, 5) is 17.3. The van der Waals surface area contributed by atoms with Crippen LogP contribution >= 0.6 is 24.8 Å². The van der Waals surface area contributed by atoms with Crippen LogP contribution in [0.1, 0.15) is 28.9 Å². The second-order valence-corrected chi connectivity index (χ2v) is 5.20. The maximum absolute atomic E-state index is 12.5. The molecule has 0 radical (unpaired) electrons. The largest absolute Gasteiger partial charge is 0.433 e. The molecule has 138 valence electrons. The minimum atomic E-state index is -4.52. The van der Waals surface area contributed by atoms with E-state index in [0.717, 1.165) is 18.3 Å². The van der Waals surface area contributed by atoms with Crippen molar-refractivity contribution in [1.29, 1.82) is 0 Å². The van der Waals surface area contributed by atoms with Crippen molar-refractivity contribution < 1.29 is 22.7 Å². The third-order valence-electron chi connectivity index (χ3n) is 3.83. The van der Waals surface area contributed by atoms with Crippen molar-refractivity contribution in [2.24, 2.45) is 5.73 Å². The van der Waals surface area contributed by atoms with Crippen molar-refractivity contribution in [3.05, 3.63) is 29.6 Å². The van der Waals surface area contributed by atoms with Gasteiger partial charge in [0.05, 0.1) is 11.7 Å². The van der Waals surface area contributed by atoms with Crippen LogP contribution in [0.15, 0.2) is 18.3 Å². The van der Waals surface area contributed by atoms with E-state index in [-0.39, 0.29) is 55.0 Å². The SMILES string of the molecule is COC1CCN(C(=O)c2ccc(C(F)(F)F)nc2)C(CN)C1.Cl.Cl. The minimum absolute atomic E-state index is 0. The standard InChI is InChI=1S/C14H18F3N3O2.2ClH/c1-22-11-4-5-20(10(6-11)7-18)13(21)9-2-3-12(19-8-9)14(15,16)17;;/h2-3,8,10-11H,4-7,18H2,1H3;2*1H. The highest BCUT2D eigenvalue weighted by atomic mass is 35.5. The predicted octanol–water partition coefficient (Wildman–Crippen LogP) is 2.52. The number of nitrogens with zero attached hydrogens (tertiary/aromatic N) is 2. The van der Waals surface area contributed by atoms with Crippen LogP contribution in [0.2, 0.25) is 0 Å². The molecule has 0 spiro atoms. The molecule has 2 N–H and O–H groups in total. The van der Waals surface area contributed by atoms with E-state index in [4.69, 9.17) is 10.5 Å². The molecule has 1 saturated heterocycles. The zero-order chi connectivity index (χ0) is 16.3. The number of methoxy groups -OCH3 is 1. The molecule has 2 rings (SSSR count). The Kier molecular flexibility index (Phi) is 8.98. The highest BCUT2D eigenvalue weighted by Crippen LogP contribution is 2.28. The van der Waals surface area contributed by atoms with Crippen molar-refractivity contribution in [2.75, 3.05) is 20.2 Å². The lowest BCUT2D eigenvalue weighted by Gasteiger charge is -2.38. The molecule has 1 fully saturated rings. The van der Waals surface area contributed by atoms with Crippen LogP contribution in [0.5, 0.6) is 0 Å². The Morgan fingerprint density at radius 2 is 2.08 bits per heavy atom. The molecule has 2 heterocycles. The maximum atomic E-state index is 12.5. The van der Waals surface area contributed by atoms with E-state index >= 15 is 0 Å². The molecule has 2 atom stereocenters. The number of piperidine rings is 1. The summed E-state index contributed by atoms with van der Waals surface area (Å²) in [7, 11) is 1.61. The summed E-state index contributed by atoms with van der Waals surface area (Å²) in [6.45, 7) is 0.736. The molecular formula is C14H20Cl2F3N3O2. The maximum Gasteiger partial charge on any atom is 0.433 e. The molecule has 0 aromatic carbocycles. The zero-order valence-corrected chi connectivity index (χ0v) is 14.6. The number of pyridine rings is 1. The number of rotatable bonds is 3. The van der Waals surface area contributed by atoms with Crippen LogP contribution in [0.3, 0.4) is 0 Å². The van der Waals surface area contributed by atoms with Gasteiger partial charge in [0.1, 0.15) is 5.69 Å². The van der Waals surface area contributed by atoms with Gasteiger partial charge in [0, 0.05) is 32.4 Å². The van der Waals surface area contributed by atoms with Gasteiger partial charge in [-0.1, -0.05) is 0 Å². The number of amides is 1. The Morgan fingerprint density at radius 1 is 1.42 bits per heavy atom. The van der Waals surface area contributed by atoms with Gasteiger partial charge in [-0.05, 0) is 25.0 Å². The van der Waals surface area contributed by atoms with Gasteiger partial charge in [0.2, 0.25) is 0 Å². The van der Waals surface area contributed by atoms with Crippen LogP contribution in [0, 0.1) is 0 Å². The fourth-order valence-corrected chi connectivity index (χ4v) is 2.57. The normalized spacial score (nSPS) is 20.8. The lowest BCUT2D eigenvalue weighted by molar-refractivity contribution is -0.141. The van der Waals surface area contributed by atoms with E-state index in [1.54, 1.807) is 12.0 Å². The topological polar surface area (TPSA) is 68.5 Å². The smallest absolute Gasteiger partial charge is 0.381 e. The Hall–Kier alpha value is -1.09. The van der Waals surface area contributed by atoms with Gasteiger partial charge < -0.3 is 15.4 Å². The van der Waals surface area contributed by atoms with E-state index in [2.05, 4.69) is 4.98 Å². The van der Waals surface area contributed by atoms with Crippen LogP contribution in [0.25, 0.3) is 0 Å². The molecule has 1 aromatic rings. The van der Waals surface area contributed by atoms with Gasteiger partial charge in [-0.15, -0.1) is 24.8 Å². The average molecular weight is 390 g/mol. The van der Waals surface area contributed by atoms with Crippen LogP contribution < -0.4 is 5.73 Å². The molecule has 1 aliphatic heterocycles. The number of ether oxygens (including phenoxy) is 1. The summed E-state index contributed by atoms with van der Waals surface area (Å²) < 4.78 is 42.7. The number of carbonyl (C=O) groups is 1. The number of hydrogen-bond donors (Lipinski definition) is 1. The fraction of sp³-hybridized carbons (Fsp3) is 0.571. The summed E-state index contributed by atoms with van der Waals surface area (Å²) in [5.41, 5.74) is 4.80. The fourth-order valence-electron chi connectivity index (χ4n) is 2.57. The third-order valence-corrected chi connectivity index (χ3v) is 3.83. The van der Waals surface area contributed by atoms with Crippen molar-refractivity contribution in [1.82, 2.24) is 9.88 Å². The molecule has 2 unspecified atom stereocenters. The van der Waals surface area contributed by atoms with Gasteiger partial charge in [0.25, 0.3) is 5.91 Å². The monoisotopic (exact) mass is 389 g/mol. The van der Waals surface area contributed by atoms with Gasteiger partial charge in [-0.2, -0.15) is 13.2 Å². The Balaban J connectivity index is 0.00000264. The van der Waals surface area contributed by atoms with Gasteiger partial charge in [-0.25, -0.2) is 0 Å². The van der Waals surface area contributed by atoms with Crippen molar-refractivity contribution in [3.63, 3.8) is 0 Å². The molecule has 1 amide bonds. The first-order valence-corrected chi connectivity index (χ1v) is 6.94. The number of halogens is 5.